The van der Waals surface area contributed by atoms with E-state index in [9.17, 15) is 9.59 Å². The zero-order valence-corrected chi connectivity index (χ0v) is 14.8. The van der Waals surface area contributed by atoms with E-state index in [-0.39, 0.29) is 11.9 Å². The van der Waals surface area contributed by atoms with Crippen LogP contribution in [-0.4, -0.2) is 61.0 Å². The predicted octanol–water partition coefficient (Wildman–Crippen LogP) is 2.33. The molecule has 1 fully saturated rings. The molecular formula is C18H22N4O2S. The number of piperazine rings is 1. The van der Waals surface area contributed by atoms with Crippen molar-refractivity contribution in [2.75, 3.05) is 44.6 Å². The maximum atomic E-state index is 12.2. The first-order chi connectivity index (χ1) is 12.2. The Bertz CT molecular complexity index is 682. The van der Waals surface area contributed by atoms with Crippen molar-refractivity contribution in [2.45, 2.75) is 0 Å². The molecule has 1 aromatic carbocycles. The van der Waals surface area contributed by atoms with Crippen LogP contribution >= 0.6 is 11.3 Å². The molecule has 3 amide bonds. The molecule has 0 radical (unpaired) electrons. The molecular weight excluding hydrogens is 336 g/mol. The molecule has 0 unspecified atom stereocenters. The number of carbonyl (C=O) groups excluding carboxylic acids is 2. The second kappa shape index (κ2) is 8.64. The SMILES string of the molecule is O=C(NCCN1CCN(C(=O)Nc2ccccc2)CC1)c1cccs1. The Hall–Kier alpha value is -2.38. The van der Waals surface area contributed by atoms with E-state index in [0.717, 1.165) is 30.2 Å². The summed E-state index contributed by atoms with van der Waals surface area (Å²) < 4.78 is 0. The molecule has 3 rings (SSSR count). The second-order valence-electron chi connectivity index (χ2n) is 5.86. The summed E-state index contributed by atoms with van der Waals surface area (Å²) >= 11 is 1.44. The van der Waals surface area contributed by atoms with Gasteiger partial charge in [0.1, 0.15) is 0 Å². The van der Waals surface area contributed by atoms with Gasteiger partial charge in [0.2, 0.25) is 0 Å². The molecule has 6 nitrogen and oxygen atoms in total. The molecule has 0 spiro atoms. The summed E-state index contributed by atoms with van der Waals surface area (Å²) in [7, 11) is 0. The van der Waals surface area contributed by atoms with Crippen LogP contribution in [0.25, 0.3) is 0 Å². The maximum Gasteiger partial charge on any atom is 0.321 e. The van der Waals surface area contributed by atoms with Crippen LogP contribution in [0.2, 0.25) is 0 Å². The molecule has 0 bridgehead atoms. The summed E-state index contributed by atoms with van der Waals surface area (Å²) in [6, 6.07) is 13.1. The highest BCUT2D eigenvalue weighted by Gasteiger charge is 2.21. The van der Waals surface area contributed by atoms with Crippen molar-refractivity contribution in [1.82, 2.24) is 15.1 Å². The summed E-state index contributed by atoms with van der Waals surface area (Å²) in [6.07, 6.45) is 0. The highest BCUT2D eigenvalue weighted by molar-refractivity contribution is 7.12. The minimum atomic E-state index is -0.0585. The number of amides is 3. The summed E-state index contributed by atoms with van der Waals surface area (Å²) in [5, 5.41) is 7.75. The molecule has 7 heteroatoms. The third-order valence-corrected chi connectivity index (χ3v) is 5.01. The predicted molar refractivity (Wildman–Crippen MR) is 100 cm³/mol. The van der Waals surface area contributed by atoms with Crippen LogP contribution < -0.4 is 10.6 Å². The van der Waals surface area contributed by atoms with Gasteiger partial charge in [0.15, 0.2) is 0 Å². The van der Waals surface area contributed by atoms with Gasteiger partial charge in [-0.05, 0) is 23.6 Å². The van der Waals surface area contributed by atoms with E-state index in [2.05, 4.69) is 15.5 Å². The molecule has 132 valence electrons. The molecule has 1 aliphatic heterocycles. The van der Waals surface area contributed by atoms with Gasteiger partial charge in [-0.1, -0.05) is 24.3 Å². The molecule has 2 aromatic rings. The van der Waals surface area contributed by atoms with Crippen LogP contribution in [-0.2, 0) is 0 Å². The third-order valence-electron chi connectivity index (χ3n) is 4.14. The van der Waals surface area contributed by atoms with Crippen molar-refractivity contribution in [3.63, 3.8) is 0 Å². The van der Waals surface area contributed by atoms with Gasteiger partial charge in [0.25, 0.3) is 5.91 Å². The van der Waals surface area contributed by atoms with Crippen LogP contribution in [0, 0.1) is 0 Å². The number of rotatable bonds is 5. The minimum absolute atomic E-state index is 0.0177. The largest absolute Gasteiger partial charge is 0.350 e. The van der Waals surface area contributed by atoms with Gasteiger partial charge in [-0.2, -0.15) is 0 Å². The zero-order valence-electron chi connectivity index (χ0n) is 14.0. The van der Waals surface area contributed by atoms with Gasteiger partial charge in [-0.3, -0.25) is 9.69 Å². The smallest absolute Gasteiger partial charge is 0.321 e. The number of hydrogen-bond donors (Lipinski definition) is 2. The third kappa shape index (κ3) is 5.04. The van der Waals surface area contributed by atoms with E-state index < -0.39 is 0 Å². The molecule has 2 heterocycles. The topological polar surface area (TPSA) is 64.7 Å². The number of para-hydroxylation sites is 1. The van der Waals surface area contributed by atoms with E-state index in [1.165, 1.54) is 11.3 Å². The lowest BCUT2D eigenvalue weighted by Gasteiger charge is -2.34. The fourth-order valence-corrected chi connectivity index (χ4v) is 3.36. The van der Waals surface area contributed by atoms with E-state index in [1.807, 2.05) is 52.7 Å². The maximum absolute atomic E-state index is 12.2. The minimum Gasteiger partial charge on any atom is -0.350 e. The monoisotopic (exact) mass is 358 g/mol. The van der Waals surface area contributed by atoms with E-state index in [1.54, 1.807) is 0 Å². The first kappa shape index (κ1) is 17.4. The zero-order chi connectivity index (χ0) is 17.5. The van der Waals surface area contributed by atoms with Gasteiger partial charge >= 0.3 is 6.03 Å². The lowest BCUT2D eigenvalue weighted by atomic mass is 10.3. The highest BCUT2D eigenvalue weighted by Crippen LogP contribution is 2.09. The highest BCUT2D eigenvalue weighted by atomic mass is 32.1. The molecule has 2 N–H and O–H groups in total. The number of anilines is 1. The fraction of sp³-hybridized carbons (Fsp3) is 0.333. The van der Waals surface area contributed by atoms with Gasteiger partial charge in [-0.25, -0.2) is 4.79 Å². The first-order valence-electron chi connectivity index (χ1n) is 8.37. The summed E-state index contributed by atoms with van der Waals surface area (Å²) in [5.41, 5.74) is 0.811. The fourth-order valence-electron chi connectivity index (χ4n) is 2.72. The van der Waals surface area contributed by atoms with Gasteiger partial charge < -0.3 is 15.5 Å². The molecule has 1 saturated heterocycles. The Morgan fingerprint density at radius 3 is 2.44 bits per heavy atom. The van der Waals surface area contributed by atoms with Crippen LogP contribution in [0.4, 0.5) is 10.5 Å². The van der Waals surface area contributed by atoms with Gasteiger partial charge in [0, 0.05) is 45.0 Å². The van der Waals surface area contributed by atoms with Crippen LogP contribution in [0.1, 0.15) is 9.67 Å². The Morgan fingerprint density at radius 1 is 1.00 bits per heavy atom. The van der Waals surface area contributed by atoms with Crippen LogP contribution in [0.15, 0.2) is 47.8 Å². The number of nitrogens with one attached hydrogen (secondary N) is 2. The summed E-state index contributed by atoms with van der Waals surface area (Å²) in [4.78, 5) is 29.0. The Morgan fingerprint density at radius 2 is 1.76 bits per heavy atom. The number of hydrogen-bond acceptors (Lipinski definition) is 4. The Kier molecular flexibility index (Phi) is 6.03. The van der Waals surface area contributed by atoms with Crippen molar-refractivity contribution in [3.8, 4) is 0 Å². The van der Waals surface area contributed by atoms with Gasteiger partial charge in [-0.15, -0.1) is 11.3 Å². The van der Waals surface area contributed by atoms with E-state index in [0.29, 0.717) is 19.6 Å². The molecule has 1 aromatic heterocycles. The van der Waals surface area contributed by atoms with Crippen molar-refractivity contribution >= 4 is 29.0 Å². The standard InChI is InChI=1S/C18H22N4O2S/c23-17(16-7-4-14-25-16)19-8-9-21-10-12-22(13-11-21)18(24)20-15-5-2-1-3-6-15/h1-7,14H,8-13H2,(H,19,23)(H,20,24). The molecule has 1 aliphatic rings. The summed E-state index contributed by atoms with van der Waals surface area (Å²) in [5.74, 6) is -0.0177. The quantitative estimate of drug-likeness (QED) is 0.862. The Labute approximate surface area is 151 Å². The van der Waals surface area contributed by atoms with E-state index >= 15 is 0 Å². The molecule has 0 atom stereocenters. The number of urea groups is 1. The second-order valence-corrected chi connectivity index (χ2v) is 6.81. The average molecular weight is 358 g/mol. The first-order valence-corrected chi connectivity index (χ1v) is 9.25. The lowest BCUT2D eigenvalue weighted by Crippen LogP contribution is -2.51. The number of thiophene rings is 1. The summed E-state index contributed by atoms with van der Waals surface area (Å²) in [6.45, 7) is 4.43. The lowest BCUT2D eigenvalue weighted by molar-refractivity contribution is 0.0946. The average Bonchev–Trinajstić information content (AvgIpc) is 3.18. The molecule has 0 saturated carbocycles. The van der Waals surface area contributed by atoms with Crippen molar-refractivity contribution in [3.05, 3.63) is 52.7 Å². The Balaban J connectivity index is 1.35. The number of carbonyl (C=O) groups is 2. The normalized spacial score (nSPS) is 15.0. The van der Waals surface area contributed by atoms with Crippen molar-refractivity contribution in [2.24, 2.45) is 0 Å². The number of benzene rings is 1. The number of nitrogens with zero attached hydrogens (tertiary/aromatic N) is 2. The molecule has 0 aliphatic carbocycles. The van der Waals surface area contributed by atoms with Crippen molar-refractivity contribution < 1.29 is 9.59 Å². The van der Waals surface area contributed by atoms with E-state index in [4.69, 9.17) is 0 Å². The van der Waals surface area contributed by atoms with Gasteiger partial charge in [0.05, 0.1) is 4.88 Å². The van der Waals surface area contributed by atoms with Crippen molar-refractivity contribution in [1.29, 1.82) is 0 Å². The van der Waals surface area contributed by atoms with Crippen LogP contribution in [0.5, 0.6) is 0 Å². The molecule has 25 heavy (non-hydrogen) atoms. The van der Waals surface area contributed by atoms with Crippen LogP contribution in [0.3, 0.4) is 0 Å².